The Labute approximate surface area is 138 Å². The second-order valence-electron chi connectivity index (χ2n) is 5.26. The molecule has 24 heavy (non-hydrogen) atoms. The lowest BCUT2D eigenvalue weighted by Gasteiger charge is -2.14. The second-order valence-corrected chi connectivity index (χ2v) is 5.26. The summed E-state index contributed by atoms with van der Waals surface area (Å²) in [6.07, 6.45) is 0. The van der Waals surface area contributed by atoms with Crippen LogP contribution in [0.15, 0.2) is 18.2 Å². The maximum atomic E-state index is 12.1. The maximum Gasteiger partial charge on any atom is 0.181 e. The highest BCUT2D eigenvalue weighted by Gasteiger charge is 2.23. The van der Waals surface area contributed by atoms with Gasteiger partial charge in [-0.05, 0) is 18.2 Å². The molecular weight excluding hydrogens is 318 g/mol. The first-order valence-electron chi connectivity index (χ1n) is 7.13. The summed E-state index contributed by atoms with van der Waals surface area (Å²) in [6, 6.07) is -0.144. The molecule has 9 N–H and O–H groups in total. The fourth-order valence-electron chi connectivity index (χ4n) is 1.95. The van der Waals surface area contributed by atoms with Gasteiger partial charge in [0.15, 0.2) is 17.3 Å². The van der Waals surface area contributed by atoms with Crippen LogP contribution < -0.4 is 17.2 Å². The summed E-state index contributed by atoms with van der Waals surface area (Å²) in [5.74, 6) is -2.05. The van der Waals surface area contributed by atoms with Crippen LogP contribution in [-0.4, -0.2) is 70.6 Å². The lowest BCUT2D eigenvalue weighted by Crippen LogP contribution is -2.37. The van der Waals surface area contributed by atoms with Gasteiger partial charge in [-0.25, -0.2) is 0 Å². The van der Waals surface area contributed by atoms with Crippen molar-refractivity contribution in [2.24, 2.45) is 17.2 Å². The van der Waals surface area contributed by atoms with Gasteiger partial charge in [-0.15, -0.1) is 0 Å². The predicted molar refractivity (Wildman–Crippen MR) is 84.6 cm³/mol. The van der Waals surface area contributed by atoms with Crippen molar-refractivity contribution in [3.8, 4) is 0 Å². The number of Topliss-reactive ketones (excluding diaryl/α,β-unsaturated/α-hetero) is 3. The molecular formula is C15H21N3O6. The van der Waals surface area contributed by atoms with Crippen molar-refractivity contribution in [1.29, 1.82) is 0 Å². The van der Waals surface area contributed by atoms with Crippen LogP contribution in [0.1, 0.15) is 31.1 Å². The number of carbonyl (C=O) groups is 3. The van der Waals surface area contributed by atoms with Gasteiger partial charge in [0.1, 0.15) is 0 Å². The van der Waals surface area contributed by atoms with E-state index in [9.17, 15) is 14.4 Å². The van der Waals surface area contributed by atoms with Gasteiger partial charge in [0, 0.05) is 16.7 Å². The number of rotatable bonds is 9. The quantitative estimate of drug-likeness (QED) is 0.258. The zero-order chi connectivity index (χ0) is 18.4. The highest BCUT2D eigenvalue weighted by atomic mass is 16.3. The Balaban J connectivity index is 3.42. The van der Waals surface area contributed by atoms with E-state index in [0.717, 1.165) is 0 Å². The van der Waals surface area contributed by atoms with E-state index in [1.807, 2.05) is 0 Å². The average molecular weight is 339 g/mol. The van der Waals surface area contributed by atoms with Crippen molar-refractivity contribution in [3.05, 3.63) is 34.9 Å². The van der Waals surface area contributed by atoms with Gasteiger partial charge in [0.05, 0.1) is 37.9 Å². The van der Waals surface area contributed by atoms with Crippen LogP contribution in [0.3, 0.4) is 0 Å². The van der Waals surface area contributed by atoms with Gasteiger partial charge in [0.25, 0.3) is 0 Å². The fourth-order valence-corrected chi connectivity index (χ4v) is 1.95. The van der Waals surface area contributed by atoms with Crippen LogP contribution in [0.5, 0.6) is 0 Å². The van der Waals surface area contributed by atoms with Gasteiger partial charge >= 0.3 is 0 Å². The van der Waals surface area contributed by atoms with E-state index < -0.39 is 55.3 Å². The molecule has 0 radical (unpaired) electrons. The topological polar surface area (TPSA) is 190 Å². The Kier molecular flexibility index (Phi) is 7.29. The van der Waals surface area contributed by atoms with E-state index in [1.54, 1.807) is 0 Å². The third-order valence-corrected chi connectivity index (χ3v) is 3.39. The molecule has 0 aliphatic heterocycles. The van der Waals surface area contributed by atoms with E-state index in [0.29, 0.717) is 0 Å². The van der Waals surface area contributed by atoms with E-state index in [2.05, 4.69) is 0 Å². The Morgan fingerprint density at radius 2 is 0.875 bits per heavy atom. The van der Waals surface area contributed by atoms with Crippen molar-refractivity contribution in [2.75, 3.05) is 19.8 Å². The van der Waals surface area contributed by atoms with Crippen LogP contribution in [0, 0.1) is 0 Å². The molecule has 3 unspecified atom stereocenters. The van der Waals surface area contributed by atoms with Gasteiger partial charge in [-0.2, -0.15) is 0 Å². The van der Waals surface area contributed by atoms with Crippen molar-refractivity contribution in [1.82, 2.24) is 0 Å². The Hall–Kier alpha value is -2.01. The second kappa shape index (κ2) is 8.73. The largest absolute Gasteiger partial charge is 0.394 e. The number of ketones is 3. The first kappa shape index (κ1) is 20.0. The molecule has 9 nitrogen and oxygen atoms in total. The third kappa shape index (κ3) is 4.51. The van der Waals surface area contributed by atoms with Gasteiger partial charge in [-0.3, -0.25) is 14.4 Å². The standard InChI is InChI=1S/C15H21N3O6/c16-10(4-19)13(22)7-1-8(14(23)11(17)5-20)3-9(2-7)15(24)12(18)6-21/h1-3,10-12,19-21H,4-6,16-18H2. The molecule has 0 amide bonds. The lowest BCUT2D eigenvalue weighted by atomic mass is 9.93. The molecule has 3 atom stereocenters. The van der Waals surface area contributed by atoms with Crippen LogP contribution in [0.2, 0.25) is 0 Å². The minimum Gasteiger partial charge on any atom is -0.394 e. The molecule has 0 spiro atoms. The van der Waals surface area contributed by atoms with Crippen LogP contribution in [0.4, 0.5) is 0 Å². The molecule has 1 aromatic carbocycles. The third-order valence-electron chi connectivity index (χ3n) is 3.39. The van der Waals surface area contributed by atoms with Crippen LogP contribution in [0.25, 0.3) is 0 Å². The molecule has 0 aliphatic carbocycles. The average Bonchev–Trinajstić information content (AvgIpc) is 2.63. The first-order chi connectivity index (χ1) is 11.3. The minimum absolute atomic E-state index is 0.0824. The van der Waals surface area contributed by atoms with Crippen LogP contribution >= 0.6 is 0 Å². The van der Waals surface area contributed by atoms with Crippen molar-refractivity contribution in [3.63, 3.8) is 0 Å². The van der Waals surface area contributed by atoms with Crippen LogP contribution in [-0.2, 0) is 0 Å². The summed E-state index contributed by atoms with van der Waals surface area (Å²) in [5, 5.41) is 27.0. The molecule has 0 bridgehead atoms. The molecule has 0 saturated carbocycles. The molecule has 0 aliphatic rings. The van der Waals surface area contributed by atoms with E-state index in [-0.39, 0.29) is 16.7 Å². The molecule has 0 fully saturated rings. The van der Waals surface area contributed by atoms with E-state index in [1.165, 1.54) is 18.2 Å². The van der Waals surface area contributed by atoms with Crippen molar-refractivity contribution in [2.45, 2.75) is 18.1 Å². The van der Waals surface area contributed by atoms with E-state index >= 15 is 0 Å². The lowest BCUT2D eigenvalue weighted by molar-refractivity contribution is 0.0924. The Morgan fingerprint density at radius 3 is 1.04 bits per heavy atom. The number of nitrogens with two attached hydrogens (primary N) is 3. The normalized spacial score (nSPS) is 14.8. The summed E-state index contributed by atoms with van der Waals surface area (Å²) in [6.45, 7) is -1.86. The summed E-state index contributed by atoms with van der Waals surface area (Å²) < 4.78 is 0. The highest BCUT2D eigenvalue weighted by molar-refractivity contribution is 6.09. The van der Waals surface area contributed by atoms with E-state index in [4.69, 9.17) is 32.5 Å². The Bertz CT molecular complexity index is 536. The molecule has 1 aromatic rings. The van der Waals surface area contributed by atoms with Gasteiger partial charge in [-0.1, -0.05) is 0 Å². The SMILES string of the molecule is NC(CO)C(=O)c1cc(C(=O)C(N)CO)cc(C(=O)C(N)CO)c1. The summed E-state index contributed by atoms with van der Waals surface area (Å²) in [4.78, 5) is 36.4. The summed E-state index contributed by atoms with van der Waals surface area (Å²) in [7, 11) is 0. The predicted octanol–water partition coefficient (Wildman–Crippen LogP) is -2.81. The molecule has 1 rings (SSSR count). The summed E-state index contributed by atoms with van der Waals surface area (Å²) in [5.41, 5.74) is 16.2. The molecule has 9 heteroatoms. The minimum atomic E-state index is -1.23. The number of aliphatic hydroxyl groups is 3. The first-order valence-corrected chi connectivity index (χ1v) is 7.13. The highest BCUT2D eigenvalue weighted by Crippen LogP contribution is 2.15. The zero-order valence-electron chi connectivity index (χ0n) is 12.9. The number of hydrogen-bond donors (Lipinski definition) is 6. The number of aliphatic hydroxyl groups excluding tert-OH is 3. The molecule has 0 saturated heterocycles. The molecule has 132 valence electrons. The van der Waals surface area contributed by atoms with Crippen molar-refractivity contribution >= 4 is 17.3 Å². The zero-order valence-corrected chi connectivity index (χ0v) is 12.9. The fraction of sp³-hybridized carbons (Fsp3) is 0.400. The number of hydrogen-bond acceptors (Lipinski definition) is 9. The number of carbonyl (C=O) groups excluding carboxylic acids is 3. The Morgan fingerprint density at radius 1 is 0.667 bits per heavy atom. The molecule has 0 heterocycles. The van der Waals surface area contributed by atoms with Gasteiger partial charge < -0.3 is 32.5 Å². The smallest absolute Gasteiger partial charge is 0.181 e. The summed E-state index contributed by atoms with van der Waals surface area (Å²) >= 11 is 0. The van der Waals surface area contributed by atoms with Gasteiger partial charge in [0.2, 0.25) is 0 Å². The monoisotopic (exact) mass is 339 g/mol. The molecule has 0 aromatic heterocycles. The van der Waals surface area contributed by atoms with Crippen molar-refractivity contribution < 1.29 is 29.7 Å². The number of benzene rings is 1. The maximum absolute atomic E-state index is 12.1.